The van der Waals surface area contributed by atoms with Gasteiger partial charge < -0.3 is 15.1 Å². The van der Waals surface area contributed by atoms with Crippen LogP contribution in [0.3, 0.4) is 0 Å². The highest BCUT2D eigenvalue weighted by Gasteiger charge is 2.19. The molecule has 0 spiro atoms. The van der Waals surface area contributed by atoms with Crippen molar-refractivity contribution in [3.05, 3.63) is 56.6 Å². The minimum absolute atomic E-state index is 0.122. The molecule has 2 aromatic carbocycles. The van der Waals surface area contributed by atoms with E-state index in [1.54, 1.807) is 19.1 Å². The normalized spacial score (nSPS) is 14.3. The number of benzene rings is 2. The maximum Gasteiger partial charge on any atom is 0.257 e. The number of amides is 2. The lowest BCUT2D eigenvalue weighted by Gasteiger charge is -2.35. The van der Waals surface area contributed by atoms with Gasteiger partial charge >= 0.3 is 0 Å². The molecule has 7 heteroatoms. The van der Waals surface area contributed by atoms with Crippen LogP contribution in [0.25, 0.3) is 0 Å². The van der Waals surface area contributed by atoms with Crippen LogP contribution in [0.2, 0.25) is 5.02 Å². The number of anilines is 2. The Hall–Kier alpha value is -1.80. The van der Waals surface area contributed by atoms with E-state index in [1.165, 1.54) is 0 Å². The minimum Gasteiger partial charge on any atom is -0.368 e. The molecule has 136 valence electrons. The van der Waals surface area contributed by atoms with Gasteiger partial charge in [-0.3, -0.25) is 9.59 Å². The second kappa shape index (κ2) is 8.26. The molecular weight excluding hydrogens is 465 g/mol. The van der Waals surface area contributed by atoms with E-state index in [1.807, 2.05) is 35.2 Å². The molecule has 1 aliphatic rings. The molecular formula is C19H19ClIN3O2. The number of nitrogens with zero attached hydrogens (tertiary/aromatic N) is 2. The summed E-state index contributed by atoms with van der Waals surface area (Å²) in [5.41, 5.74) is 2.26. The number of halogens is 2. The summed E-state index contributed by atoms with van der Waals surface area (Å²) in [6.45, 7) is 4.69. The van der Waals surface area contributed by atoms with Crippen molar-refractivity contribution in [2.24, 2.45) is 0 Å². The number of hydrogen-bond acceptors (Lipinski definition) is 3. The lowest BCUT2D eigenvalue weighted by Crippen LogP contribution is -2.48. The molecule has 0 unspecified atom stereocenters. The van der Waals surface area contributed by atoms with E-state index >= 15 is 0 Å². The molecule has 1 heterocycles. The first-order valence-electron chi connectivity index (χ1n) is 8.31. The van der Waals surface area contributed by atoms with E-state index in [4.69, 9.17) is 11.6 Å². The van der Waals surface area contributed by atoms with E-state index in [0.29, 0.717) is 10.6 Å². The van der Waals surface area contributed by atoms with Crippen molar-refractivity contribution in [2.75, 3.05) is 36.4 Å². The van der Waals surface area contributed by atoms with E-state index in [2.05, 4.69) is 32.8 Å². The Bertz CT molecular complexity index is 818. The fourth-order valence-electron chi connectivity index (χ4n) is 2.91. The maximum absolute atomic E-state index is 12.4. The van der Waals surface area contributed by atoms with Crippen LogP contribution >= 0.6 is 34.2 Å². The average molecular weight is 484 g/mol. The monoisotopic (exact) mass is 483 g/mol. The molecule has 2 amide bonds. The van der Waals surface area contributed by atoms with E-state index in [9.17, 15) is 9.59 Å². The number of nitrogens with one attached hydrogen (secondary N) is 1. The first kappa shape index (κ1) is 19.0. The Morgan fingerprint density at radius 1 is 1.04 bits per heavy atom. The average Bonchev–Trinajstić information content (AvgIpc) is 2.64. The SMILES string of the molecule is CC(=O)N1CCN(c2ccc(NC(=O)c3cc(I)ccc3Cl)cc2)CC1. The van der Waals surface area contributed by atoms with Gasteiger partial charge in [-0.1, -0.05) is 11.6 Å². The molecule has 0 atom stereocenters. The fourth-order valence-corrected chi connectivity index (χ4v) is 3.60. The van der Waals surface area contributed by atoms with Gasteiger partial charge in [0.2, 0.25) is 5.91 Å². The molecule has 0 bridgehead atoms. The highest BCUT2D eigenvalue weighted by molar-refractivity contribution is 14.1. The van der Waals surface area contributed by atoms with Gasteiger partial charge in [0.1, 0.15) is 0 Å². The molecule has 1 N–H and O–H groups in total. The zero-order valence-electron chi connectivity index (χ0n) is 14.3. The van der Waals surface area contributed by atoms with Crippen molar-refractivity contribution in [1.82, 2.24) is 4.90 Å². The third kappa shape index (κ3) is 4.48. The first-order chi connectivity index (χ1) is 12.4. The van der Waals surface area contributed by atoms with Crippen molar-refractivity contribution in [3.8, 4) is 0 Å². The molecule has 26 heavy (non-hydrogen) atoms. The quantitative estimate of drug-likeness (QED) is 0.675. The lowest BCUT2D eigenvalue weighted by molar-refractivity contribution is -0.129. The number of carbonyl (C=O) groups is 2. The van der Waals surface area contributed by atoms with Gasteiger partial charge in [-0.25, -0.2) is 0 Å². The van der Waals surface area contributed by atoms with E-state index in [0.717, 1.165) is 41.1 Å². The summed E-state index contributed by atoms with van der Waals surface area (Å²) in [7, 11) is 0. The summed E-state index contributed by atoms with van der Waals surface area (Å²) < 4.78 is 0.956. The molecule has 0 radical (unpaired) electrons. The summed E-state index contributed by atoms with van der Waals surface area (Å²) >= 11 is 8.27. The van der Waals surface area contributed by atoms with Crippen LogP contribution in [0.5, 0.6) is 0 Å². The molecule has 5 nitrogen and oxygen atoms in total. The molecule has 0 saturated carbocycles. The molecule has 2 aromatic rings. The zero-order valence-corrected chi connectivity index (χ0v) is 17.3. The molecule has 1 fully saturated rings. The third-order valence-corrected chi connectivity index (χ3v) is 5.39. The predicted molar refractivity (Wildman–Crippen MR) is 113 cm³/mol. The summed E-state index contributed by atoms with van der Waals surface area (Å²) in [5, 5.41) is 3.31. The van der Waals surface area contributed by atoms with Crippen molar-refractivity contribution in [1.29, 1.82) is 0 Å². The van der Waals surface area contributed by atoms with Gasteiger partial charge in [0.15, 0.2) is 0 Å². The zero-order chi connectivity index (χ0) is 18.7. The van der Waals surface area contributed by atoms with Crippen LogP contribution < -0.4 is 10.2 Å². The van der Waals surface area contributed by atoms with Gasteiger partial charge in [0, 0.05) is 48.0 Å². The van der Waals surface area contributed by atoms with E-state index in [-0.39, 0.29) is 11.8 Å². The van der Waals surface area contributed by atoms with Crippen molar-refractivity contribution >= 4 is 57.4 Å². The van der Waals surface area contributed by atoms with Crippen molar-refractivity contribution in [3.63, 3.8) is 0 Å². The van der Waals surface area contributed by atoms with Crippen LogP contribution in [0, 0.1) is 3.57 Å². The van der Waals surface area contributed by atoms with Gasteiger partial charge in [0.05, 0.1) is 10.6 Å². The Kier molecular flexibility index (Phi) is 6.03. The molecule has 3 rings (SSSR count). The number of carbonyl (C=O) groups excluding carboxylic acids is 2. The second-order valence-corrected chi connectivity index (χ2v) is 7.77. The minimum atomic E-state index is -0.226. The highest BCUT2D eigenvalue weighted by atomic mass is 127. The van der Waals surface area contributed by atoms with Gasteiger partial charge in [-0.15, -0.1) is 0 Å². The largest absolute Gasteiger partial charge is 0.368 e. The first-order valence-corrected chi connectivity index (χ1v) is 9.76. The molecule has 1 saturated heterocycles. The number of piperazine rings is 1. The second-order valence-electron chi connectivity index (χ2n) is 6.12. The van der Waals surface area contributed by atoms with Crippen molar-refractivity contribution < 1.29 is 9.59 Å². The topological polar surface area (TPSA) is 52.7 Å². The van der Waals surface area contributed by atoms with E-state index < -0.39 is 0 Å². The van der Waals surface area contributed by atoms with Gasteiger partial charge in [-0.05, 0) is 65.1 Å². The van der Waals surface area contributed by atoms with Crippen LogP contribution in [-0.2, 0) is 4.79 Å². The Labute approximate surface area is 171 Å². The maximum atomic E-state index is 12.4. The summed E-state index contributed by atoms with van der Waals surface area (Å²) in [5.74, 6) is -0.103. The van der Waals surface area contributed by atoms with Crippen LogP contribution in [-0.4, -0.2) is 42.9 Å². The van der Waals surface area contributed by atoms with Crippen LogP contribution in [0.1, 0.15) is 17.3 Å². The van der Waals surface area contributed by atoms with Crippen molar-refractivity contribution in [2.45, 2.75) is 6.92 Å². The van der Waals surface area contributed by atoms with Crippen LogP contribution in [0.4, 0.5) is 11.4 Å². The molecule has 1 aliphatic heterocycles. The summed E-state index contributed by atoms with van der Waals surface area (Å²) in [6.07, 6.45) is 0. The number of rotatable bonds is 3. The third-order valence-electron chi connectivity index (χ3n) is 4.39. The summed E-state index contributed by atoms with van der Waals surface area (Å²) in [4.78, 5) is 27.9. The Morgan fingerprint density at radius 2 is 1.69 bits per heavy atom. The van der Waals surface area contributed by atoms with Crippen LogP contribution in [0.15, 0.2) is 42.5 Å². The smallest absolute Gasteiger partial charge is 0.257 e. The summed E-state index contributed by atoms with van der Waals surface area (Å²) in [6, 6.07) is 13.1. The lowest BCUT2D eigenvalue weighted by atomic mass is 10.2. The fraction of sp³-hybridized carbons (Fsp3) is 0.263. The molecule has 0 aromatic heterocycles. The highest BCUT2D eigenvalue weighted by Crippen LogP contribution is 2.22. The Morgan fingerprint density at radius 3 is 2.31 bits per heavy atom. The molecule has 0 aliphatic carbocycles. The number of hydrogen-bond donors (Lipinski definition) is 1. The standard InChI is InChI=1S/C19H19ClIN3O2/c1-13(25)23-8-10-24(11-9-23)16-5-3-15(4-6-16)22-19(26)17-12-14(21)2-7-18(17)20/h2-7,12H,8-11H2,1H3,(H,22,26). The van der Waals surface area contributed by atoms with Gasteiger partial charge in [0.25, 0.3) is 5.91 Å². The van der Waals surface area contributed by atoms with Gasteiger partial charge in [-0.2, -0.15) is 0 Å². The Balaban J connectivity index is 1.64. The predicted octanol–water partition coefficient (Wildman–Crippen LogP) is 3.87.